The van der Waals surface area contributed by atoms with E-state index in [0.717, 1.165) is 12.8 Å². The minimum Gasteiger partial charge on any atom is -0.289 e. The van der Waals surface area contributed by atoms with Crippen molar-refractivity contribution in [3.05, 3.63) is 46.5 Å². The monoisotopic (exact) mass is 256 g/mol. The van der Waals surface area contributed by atoms with Crippen LogP contribution in [0.25, 0.3) is 0 Å². The Balaban J connectivity index is 2.67. The summed E-state index contributed by atoms with van der Waals surface area (Å²) >= 11 is 0. The van der Waals surface area contributed by atoms with Gasteiger partial charge in [-0.2, -0.15) is 0 Å². The van der Waals surface area contributed by atoms with Gasteiger partial charge in [0.25, 0.3) is 0 Å². The van der Waals surface area contributed by atoms with E-state index < -0.39 is 0 Å². The smallest absolute Gasteiger partial charge is 0.190 e. The summed E-state index contributed by atoms with van der Waals surface area (Å²) < 4.78 is 0. The van der Waals surface area contributed by atoms with E-state index in [1.54, 1.807) is 25.1 Å². The van der Waals surface area contributed by atoms with Crippen LogP contribution in [0.15, 0.2) is 35.4 Å². The average Bonchev–Trinajstić information content (AvgIpc) is 2.44. The van der Waals surface area contributed by atoms with Gasteiger partial charge >= 0.3 is 0 Å². The van der Waals surface area contributed by atoms with Gasteiger partial charge in [0.2, 0.25) is 0 Å². The van der Waals surface area contributed by atoms with Crippen molar-refractivity contribution in [2.75, 3.05) is 0 Å². The second kappa shape index (κ2) is 4.76. The van der Waals surface area contributed by atoms with Crippen LogP contribution in [-0.2, 0) is 0 Å². The van der Waals surface area contributed by atoms with Crippen molar-refractivity contribution in [3.63, 3.8) is 0 Å². The van der Waals surface area contributed by atoms with Crippen molar-refractivity contribution < 1.29 is 9.59 Å². The fourth-order valence-electron chi connectivity index (χ4n) is 2.83. The Morgan fingerprint density at radius 3 is 1.89 bits per heavy atom. The van der Waals surface area contributed by atoms with E-state index in [1.165, 1.54) is 0 Å². The van der Waals surface area contributed by atoms with Gasteiger partial charge in [-0.25, -0.2) is 0 Å². The maximum Gasteiger partial charge on any atom is 0.190 e. The third-order valence-electron chi connectivity index (χ3n) is 4.52. The molecule has 0 bridgehead atoms. The molecule has 100 valence electrons. The summed E-state index contributed by atoms with van der Waals surface area (Å²) in [6.07, 6.45) is 1.72. The number of Topliss-reactive ketones (excluding diaryl/α,β-unsaturated/α-hetero) is 2. The Labute approximate surface area is 114 Å². The molecule has 2 rings (SSSR count). The molecule has 19 heavy (non-hydrogen) atoms. The van der Waals surface area contributed by atoms with Crippen molar-refractivity contribution in [3.8, 4) is 0 Å². The normalized spacial score (nSPS) is 15.8. The van der Waals surface area contributed by atoms with Gasteiger partial charge < -0.3 is 0 Å². The summed E-state index contributed by atoms with van der Waals surface area (Å²) in [5.41, 5.74) is 2.21. The quantitative estimate of drug-likeness (QED) is 0.811. The Bertz CT molecular complexity index is 575. The first-order chi connectivity index (χ1) is 8.96. The van der Waals surface area contributed by atoms with Crippen LogP contribution in [-0.4, -0.2) is 11.6 Å². The summed E-state index contributed by atoms with van der Waals surface area (Å²) in [5.74, 6) is 0.0252. The van der Waals surface area contributed by atoms with Crippen LogP contribution in [0.2, 0.25) is 0 Å². The van der Waals surface area contributed by atoms with Crippen LogP contribution >= 0.6 is 0 Å². The first kappa shape index (κ1) is 13.7. The molecule has 1 aliphatic rings. The molecule has 0 spiro atoms. The molecule has 1 aromatic rings. The number of benzene rings is 1. The van der Waals surface area contributed by atoms with Gasteiger partial charge in [0.1, 0.15) is 0 Å². The Hall–Kier alpha value is -1.70. The lowest BCUT2D eigenvalue weighted by atomic mass is 9.69. The molecular weight excluding hydrogens is 236 g/mol. The molecule has 0 fully saturated rings. The number of carbonyl (C=O) groups excluding carboxylic acids is 2. The number of fused-ring (bicyclic) bond motifs is 1. The van der Waals surface area contributed by atoms with Gasteiger partial charge in [-0.3, -0.25) is 9.59 Å². The first-order valence-corrected chi connectivity index (χ1v) is 6.86. The molecule has 0 atom stereocenters. The third-order valence-corrected chi connectivity index (χ3v) is 4.52. The summed E-state index contributed by atoms with van der Waals surface area (Å²) in [6, 6.07) is 7.12. The molecule has 0 amide bonds. The lowest BCUT2D eigenvalue weighted by Gasteiger charge is -2.33. The van der Waals surface area contributed by atoms with E-state index in [0.29, 0.717) is 22.3 Å². The highest BCUT2D eigenvalue weighted by Crippen LogP contribution is 2.41. The predicted molar refractivity (Wildman–Crippen MR) is 76.5 cm³/mol. The molecule has 2 heteroatoms. The highest BCUT2D eigenvalue weighted by atomic mass is 16.1. The number of rotatable bonds is 3. The second-order valence-electron chi connectivity index (χ2n) is 5.47. The van der Waals surface area contributed by atoms with Crippen LogP contribution in [0.4, 0.5) is 0 Å². The summed E-state index contributed by atoms with van der Waals surface area (Å²) in [4.78, 5) is 25.2. The molecule has 0 saturated heterocycles. The van der Waals surface area contributed by atoms with Crippen molar-refractivity contribution >= 4 is 11.6 Å². The lowest BCUT2D eigenvalue weighted by Crippen LogP contribution is -2.31. The number of hydrogen-bond acceptors (Lipinski definition) is 2. The van der Waals surface area contributed by atoms with E-state index in [2.05, 4.69) is 20.8 Å². The van der Waals surface area contributed by atoms with Gasteiger partial charge in [0.05, 0.1) is 0 Å². The highest BCUT2D eigenvalue weighted by Gasteiger charge is 2.38. The molecule has 0 N–H and O–H groups in total. The van der Waals surface area contributed by atoms with Gasteiger partial charge in [0, 0.05) is 22.3 Å². The zero-order chi connectivity index (χ0) is 14.2. The van der Waals surface area contributed by atoms with E-state index in [1.807, 2.05) is 6.07 Å². The summed E-state index contributed by atoms with van der Waals surface area (Å²) in [6.45, 7) is 8.00. The number of carbonyl (C=O) groups is 2. The van der Waals surface area contributed by atoms with Crippen molar-refractivity contribution in [2.45, 2.75) is 40.5 Å². The largest absolute Gasteiger partial charge is 0.289 e. The average molecular weight is 256 g/mol. The fourth-order valence-corrected chi connectivity index (χ4v) is 2.83. The molecule has 0 radical (unpaired) electrons. The van der Waals surface area contributed by atoms with Crippen LogP contribution in [0.1, 0.15) is 61.3 Å². The molecule has 1 aromatic carbocycles. The highest BCUT2D eigenvalue weighted by molar-refractivity contribution is 6.27. The fraction of sp³-hybridized carbons (Fsp3) is 0.412. The maximum absolute atomic E-state index is 12.7. The number of allylic oxidation sites excluding steroid dienone is 2. The first-order valence-electron chi connectivity index (χ1n) is 6.86. The van der Waals surface area contributed by atoms with Crippen molar-refractivity contribution in [1.82, 2.24) is 0 Å². The van der Waals surface area contributed by atoms with E-state index in [-0.39, 0.29) is 17.0 Å². The maximum atomic E-state index is 12.7. The number of hydrogen-bond donors (Lipinski definition) is 0. The van der Waals surface area contributed by atoms with Crippen LogP contribution in [0.3, 0.4) is 0 Å². The Morgan fingerprint density at radius 2 is 1.42 bits per heavy atom. The molecule has 0 saturated carbocycles. The van der Waals surface area contributed by atoms with Crippen LogP contribution in [0.5, 0.6) is 0 Å². The lowest BCUT2D eigenvalue weighted by molar-refractivity contribution is 0.0948. The van der Waals surface area contributed by atoms with Gasteiger partial charge in [-0.05, 0) is 25.2 Å². The van der Waals surface area contributed by atoms with Gasteiger partial charge in [-0.1, -0.05) is 45.0 Å². The summed E-state index contributed by atoms with van der Waals surface area (Å²) in [5, 5.41) is 0. The predicted octanol–water partition coefficient (Wildman–Crippen LogP) is 4.21. The zero-order valence-electron chi connectivity index (χ0n) is 12.0. The molecule has 0 unspecified atom stereocenters. The molecule has 2 nitrogen and oxygen atoms in total. The van der Waals surface area contributed by atoms with Crippen LogP contribution in [0, 0.1) is 5.41 Å². The van der Waals surface area contributed by atoms with Crippen LogP contribution < -0.4 is 0 Å². The minimum atomic E-state index is -0.218. The molecule has 0 aliphatic heterocycles. The standard InChI is InChI=1S/C17H20O2/c1-5-17(4,6-2)14-11(3)15(18)12-9-7-8-10-13(12)16(14)19/h7-10H,5-6H2,1-4H3. The zero-order valence-corrected chi connectivity index (χ0v) is 12.0. The molecular formula is C17H20O2. The topological polar surface area (TPSA) is 34.1 Å². The van der Waals surface area contributed by atoms with Gasteiger partial charge in [0.15, 0.2) is 11.6 Å². The molecule has 1 aliphatic carbocycles. The van der Waals surface area contributed by atoms with E-state index in [4.69, 9.17) is 0 Å². The number of ketones is 2. The molecule has 0 heterocycles. The van der Waals surface area contributed by atoms with E-state index >= 15 is 0 Å². The Kier molecular flexibility index (Phi) is 3.44. The van der Waals surface area contributed by atoms with Gasteiger partial charge in [-0.15, -0.1) is 0 Å². The SMILES string of the molecule is CCC(C)(CC)C1=C(C)C(=O)c2ccccc2C1=O. The second-order valence-corrected chi connectivity index (χ2v) is 5.47. The van der Waals surface area contributed by atoms with Crippen molar-refractivity contribution in [2.24, 2.45) is 5.41 Å². The molecule has 0 aromatic heterocycles. The summed E-state index contributed by atoms with van der Waals surface area (Å²) in [7, 11) is 0. The minimum absolute atomic E-state index is 0.00155. The van der Waals surface area contributed by atoms with Crippen molar-refractivity contribution in [1.29, 1.82) is 0 Å². The Morgan fingerprint density at radius 1 is 0.947 bits per heavy atom. The van der Waals surface area contributed by atoms with E-state index in [9.17, 15) is 9.59 Å². The third kappa shape index (κ3) is 1.95.